The van der Waals surface area contributed by atoms with Crippen LogP contribution in [0, 0.1) is 11.3 Å². The molecule has 1 aromatic heterocycles. The van der Waals surface area contributed by atoms with Crippen LogP contribution >= 0.6 is 46.4 Å². The molecule has 0 bridgehead atoms. The Morgan fingerprint density at radius 1 is 0.870 bits per heavy atom. The number of hydrogen-bond acceptors (Lipinski definition) is 3. The van der Waals surface area contributed by atoms with Gasteiger partial charge in [-0.25, -0.2) is 4.98 Å². The second-order valence-electron chi connectivity index (χ2n) is 4.20. The summed E-state index contributed by atoms with van der Waals surface area (Å²) in [5, 5.41) is 16.8. The zero-order valence-corrected chi connectivity index (χ0v) is 14.4. The van der Waals surface area contributed by atoms with Crippen molar-refractivity contribution in [3.8, 4) is 17.5 Å². The van der Waals surface area contributed by atoms with Gasteiger partial charge in [0.05, 0.1) is 31.7 Å². The fraction of sp³-hybridized carbons (Fsp3) is 0. The lowest BCUT2D eigenvalue weighted by molar-refractivity contribution is 1.10. The highest BCUT2D eigenvalue weighted by atomic mass is 35.5. The van der Waals surface area contributed by atoms with Crippen LogP contribution in [-0.4, -0.2) is 15.2 Å². The van der Waals surface area contributed by atoms with E-state index in [-0.39, 0.29) is 0 Å². The zero-order valence-electron chi connectivity index (χ0n) is 11.4. The summed E-state index contributed by atoms with van der Waals surface area (Å²) >= 11 is 22.8. The Labute approximate surface area is 152 Å². The Hall–Kier alpha value is -1.77. The number of H-pyrrole nitrogens is 1. The average Bonchev–Trinajstić information content (AvgIpc) is 3.08. The van der Waals surface area contributed by atoms with Gasteiger partial charge in [-0.2, -0.15) is 10.4 Å². The number of rotatable bonds is 1. The maximum absolute atomic E-state index is 8.40. The van der Waals surface area contributed by atoms with E-state index in [1.807, 2.05) is 12.1 Å². The Bertz CT molecular complexity index is 841. The number of benzene rings is 2. The quantitative estimate of drug-likeness (QED) is 0.589. The van der Waals surface area contributed by atoms with Gasteiger partial charge in [0.25, 0.3) is 0 Å². The maximum atomic E-state index is 8.40. The van der Waals surface area contributed by atoms with E-state index in [2.05, 4.69) is 15.2 Å². The van der Waals surface area contributed by atoms with Crippen LogP contribution in [0.4, 0.5) is 0 Å². The smallest absolute Gasteiger partial charge is 0.155 e. The van der Waals surface area contributed by atoms with Crippen LogP contribution in [0.2, 0.25) is 20.1 Å². The van der Waals surface area contributed by atoms with Gasteiger partial charge in [0, 0.05) is 5.56 Å². The molecule has 0 saturated heterocycles. The van der Waals surface area contributed by atoms with E-state index in [1.165, 1.54) is 12.4 Å². The molecule has 2 aromatic carbocycles. The summed E-state index contributed by atoms with van der Waals surface area (Å²) in [5.74, 6) is 0.679. The molecule has 3 rings (SSSR count). The summed E-state index contributed by atoms with van der Waals surface area (Å²) in [4.78, 5) is 3.99. The lowest BCUT2D eigenvalue weighted by Crippen LogP contribution is -1.80. The second kappa shape index (κ2) is 8.19. The molecule has 1 heterocycles. The molecule has 0 aliphatic heterocycles. The van der Waals surface area contributed by atoms with Gasteiger partial charge in [0.15, 0.2) is 5.82 Å². The largest absolute Gasteiger partial charge is 0.259 e. The Balaban J connectivity index is 0.000000174. The van der Waals surface area contributed by atoms with E-state index in [0.29, 0.717) is 31.5 Å². The van der Waals surface area contributed by atoms with E-state index in [0.717, 1.165) is 5.56 Å². The number of halogens is 4. The summed E-state index contributed by atoms with van der Waals surface area (Å²) in [5.41, 5.74) is 1.39. The molecule has 0 atom stereocenters. The van der Waals surface area contributed by atoms with Gasteiger partial charge in [-0.1, -0.05) is 46.4 Å². The predicted molar refractivity (Wildman–Crippen MR) is 93.0 cm³/mol. The topological polar surface area (TPSA) is 65.4 Å². The molecule has 116 valence electrons. The van der Waals surface area contributed by atoms with Gasteiger partial charge >= 0.3 is 0 Å². The van der Waals surface area contributed by atoms with Crippen LogP contribution < -0.4 is 0 Å². The number of nitrogens with one attached hydrogen (secondary N) is 1. The molecule has 0 unspecified atom stereocenters. The molecule has 0 aliphatic carbocycles. The first-order chi connectivity index (χ1) is 11.0. The molecule has 8 heteroatoms. The molecule has 23 heavy (non-hydrogen) atoms. The summed E-state index contributed by atoms with van der Waals surface area (Å²) in [6.07, 6.45) is 1.44. The van der Waals surface area contributed by atoms with E-state index >= 15 is 0 Å². The average molecular weight is 386 g/mol. The third-order valence-corrected chi connectivity index (χ3v) is 4.13. The third kappa shape index (κ3) is 4.85. The van der Waals surface area contributed by atoms with Crippen molar-refractivity contribution in [3.63, 3.8) is 0 Å². The molecule has 4 nitrogen and oxygen atoms in total. The normalized spacial score (nSPS) is 9.70. The number of nitriles is 1. The van der Waals surface area contributed by atoms with Crippen molar-refractivity contribution < 1.29 is 0 Å². The second-order valence-corrected chi connectivity index (χ2v) is 5.83. The summed E-state index contributed by atoms with van der Waals surface area (Å²) < 4.78 is 0. The summed E-state index contributed by atoms with van der Waals surface area (Å²) in [7, 11) is 0. The van der Waals surface area contributed by atoms with Crippen LogP contribution in [0.1, 0.15) is 5.56 Å². The van der Waals surface area contributed by atoms with E-state index in [9.17, 15) is 0 Å². The van der Waals surface area contributed by atoms with E-state index < -0.39 is 0 Å². The first kappa shape index (κ1) is 17.6. The highest BCUT2D eigenvalue weighted by Crippen LogP contribution is 2.26. The van der Waals surface area contributed by atoms with Crippen LogP contribution in [0.25, 0.3) is 11.4 Å². The van der Waals surface area contributed by atoms with Gasteiger partial charge in [-0.15, -0.1) is 0 Å². The van der Waals surface area contributed by atoms with Crippen molar-refractivity contribution in [2.24, 2.45) is 0 Å². The lowest BCUT2D eigenvalue weighted by Gasteiger charge is -1.98. The Morgan fingerprint density at radius 3 is 2.04 bits per heavy atom. The van der Waals surface area contributed by atoms with Crippen molar-refractivity contribution in [1.29, 1.82) is 5.26 Å². The lowest BCUT2D eigenvalue weighted by atomic mass is 10.2. The van der Waals surface area contributed by atoms with Crippen LogP contribution in [0.15, 0.2) is 42.7 Å². The molecular formula is C15H8Cl4N4. The van der Waals surface area contributed by atoms with Gasteiger partial charge in [0.2, 0.25) is 0 Å². The highest BCUT2D eigenvalue weighted by Gasteiger charge is 2.03. The van der Waals surface area contributed by atoms with E-state index in [1.54, 1.807) is 24.3 Å². The fourth-order valence-electron chi connectivity index (χ4n) is 1.55. The van der Waals surface area contributed by atoms with Gasteiger partial charge in [-0.3, -0.25) is 5.10 Å². The monoisotopic (exact) mass is 384 g/mol. The molecule has 1 N–H and O–H groups in total. The Morgan fingerprint density at radius 2 is 1.52 bits per heavy atom. The van der Waals surface area contributed by atoms with Crippen molar-refractivity contribution in [2.75, 3.05) is 0 Å². The zero-order chi connectivity index (χ0) is 16.8. The molecule has 0 spiro atoms. The first-order valence-electron chi connectivity index (χ1n) is 6.17. The summed E-state index contributed by atoms with van der Waals surface area (Å²) in [6.45, 7) is 0. The maximum Gasteiger partial charge on any atom is 0.155 e. The molecule has 0 radical (unpaired) electrons. The van der Waals surface area contributed by atoms with Crippen LogP contribution in [0.5, 0.6) is 0 Å². The van der Waals surface area contributed by atoms with Gasteiger partial charge in [0.1, 0.15) is 6.33 Å². The minimum Gasteiger partial charge on any atom is -0.259 e. The van der Waals surface area contributed by atoms with Crippen molar-refractivity contribution in [1.82, 2.24) is 15.2 Å². The fourth-order valence-corrected chi connectivity index (χ4v) is 2.15. The van der Waals surface area contributed by atoms with Crippen LogP contribution in [0.3, 0.4) is 0 Å². The van der Waals surface area contributed by atoms with Crippen LogP contribution in [-0.2, 0) is 0 Å². The molecule has 0 saturated carbocycles. The Kier molecular flexibility index (Phi) is 6.26. The van der Waals surface area contributed by atoms with Crippen molar-refractivity contribution >= 4 is 46.4 Å². The highest BCUT2D eigenvalue weighted by molar-refractivity contribution is 6.42. The van der Waals surface area contributed by atoms with E-state index in [4.69, 9.17) is 51.7 Å². The SMILES string of the molecule is Clc1ccc(-c2ncn[nH]2)cc1Cl.N#Cc1ccc(Cl)c(Cl)c1. The number of aromatic nitrogens is 3. The molecule has 0 amide bonds. The predicted octanol–water partition coefficient (Wildman–Crippen LogP) is 5.64. The minimum atomic E-state index is 0.417. The number of aromatic amines is 1. The first-order valence-corrected chi connectivity index (χ1v) is 7.68. The third-order valence-electron chi connectivity index (χ3n) is 2.66. The van der Waals surface area contributed by atoms with Gasteiger partial charge in [-0.05, 0) is 36.4 Å². The number of hydrogen-bond donors (Lipinski definition) is 1. The van der Waals surface area contributed by atoms with Crippen molar-refractivity contribution in [2.45, 2.75) is 0 Å². The van der Waals surface area contributed by atoms with Gasteiger partial charge < -0.3 is 0 Å². The number of nitrogens with zero attached hydrogens (tertiary/aromatic N) is 3. The molecule has 0 aliphatic rings. The molecule has 0 fully saturated rings. The molecular weight excluding hydrogens is 378 g/mol. The standard InChI is InChI=1S/C8H5Cl2N3.C7H3Cl2N/c9-6-2-1-5(3-7(6)10)8-11-4-12-13-8;8-6-2-1-5(4-10)3-7(6)9/h1-4H,(H,11,12,13);1-3H. The van der Waals surface area contributed by atoms with Crippen molar-refractivity contribution in [3.05, 3.63) is 68.4 Å². The molecule has 3 aromatic rings. The summed E-state index contributed by atoms with van der Waals surface area (Å²) in [6, 6.07) is 12.0. The minimum absolute atomic E-state index is 0.417.